The van der Waals surface area contributed by atoms with Crippen molar-refractivity contribution in [3.63, 3.8) is 0 Å². The van der Waals surface area contributed by atoms with Gasteiger partial charge in [0.05, 0.1) is 0 Å². The van der Waals surface area contributed by atoms with E-state index >= 15 is 0 Å². The molecule has 1 saturated heterocycles. The van der Waals surface area contributed by atoms with Crippen LogP contribution in [0.1, 0.15) is 59.8 Å². The molecule has 3 nitrogen and oxygen atoms in total. The van der Waals surface area contributed by atoms with Crippen molar-refractivity contribution in [2.24, 2.45) is 17.6 Å². The monoisotopic (exact) mass is 297 g/mol. The van der Waals surface area contributed by atoms with E-state index in [1.54, 1.807) is 0 Å². The summed E-state index contributed by atoms with van der Waals surface area (Å²) in [7, 11) is 2.25. The minimum Gasteiger partial charge on any atom is -0.329 e. The Labute approximate surface area is 133 Å². The molecule has 126 valence electrons. The van der Waals surface area contributed by atoms with Crippen molar-refractivity contribution < 1.29 is 0 Å². The quantitative estimate of drug-likeness (QED) is 0.747. The van der Waals surface area contributed by atoms with E-state index < -0.39 is 0 Å². The minimum absolute atomic E-state index is 0.245. The Morgan fingerprint density at radius 3 is 2.05 bits per heavy atom. The van der Waals surface area contributed by atoms with Gasteiger partial charge in [0.25, 0.3) is 0 Å². The van der Waals surface area contributed by atoms with Gasteiger partial charge >= 0.3 is 0 Å². The van der Waals surface area contributed by atoms with Crippen LogP contribution in [0.2, 0.25) is 0 Å². The van der Waals surface area contributed by atoms with Gasteiger partial charge in [-0.3, -0.25) is 4.90 Å². The molecule has 0 radical (unpaired) electrons. The Morgan fingerprint density at radius 2 is 1.57 bits per heavy atom. The SMILES string of the molecule is CC(C)CCN(CCC(C)C)C1(CN)CCCN(C)CC1. The second-order valence-electron chi connectivity index (χ2n) is 7.94. The van der Waals surface area contributed by atoms with Crippen molar-refractivity contribution in [1.29, 1.82) is 0 Å². The first-order valence-electron chi connectivity index (χ1n) is 9.03. The highest BCUT2D eigenvalue weighted by atomic mass is 15.2. The van der Waals surface area contributed by atoms with Gasteiger partial charge in [0.2, 0.25) is 0 Å². The standard InChI is InChI=1S/C18H39N3/c1-16(2)7-12-21(13-8-17(3)4)18(15-19)9-6-11-20(5)14-10-18/h16-17H,6-15,19H2,1-5H3. The first-order chi connectivity index (χ1) is 9.89. The van der Waals surface area contributed by atoms with Crippen LogP contribution >= 0.6 is 0 Å². The molecule has 0 bridgehead atoms. The van der Waals surface area contributed by atoms with Gasteiger partial charge in [0.15, 0.2) is 0 Å². The van der Waals surface area contributed by atoms with Crippen molar-refractivity contribution in [3.05, 3.63) is 0 Å². The minimum atomic E-state index is 0.245. The third kappa shape index (κ3) is 6.25. The van der Waals surface area contributed by atoms with Crippen LogP contribution in [0.15, 0.2) is 0 Å². The van der Waals surface area contributed by atoms with Gasteiger partial charge in [0.1, 0.15) is 0 Å². The molecule has 1 heterocycles. The van der Waals surface area contributed by atoms with Crippen LogP contribution < -0.4 is 5.73 Å². The maximum atomic E-state index is 6.31. The van der Waals surface area contributed by atoms with Gasteiger partial charge in [-0.15, -0.1) is 0 Å². The average molecular weight is 298 g/mol. The van der Waals surface area contributed by atoms with E-state index in [0.717, 1.165) is 18.4 Å². The molecule has 0 aliphatic carbocycles. The lowest BCUT2D eigenvalue weighted by Crippen LogP contribution is -2.55. The fraction of sp³-hybridized carbons (Fsp3) is 1.00. The summed E-state index contributed by atoms with van der Waals surface area (Å²) in [4.78, 5) is 5.23. The molecular weight excluding hydrogens is 258 g/mol. The summed E-state index contributed by atoms with van der Waals surface area (Å²) in [6.07, 6.45) is 6.36. The van der Waals surface area contributed by atoms with E-state index in [0.29, 0.717) is 0 Å². The molecule has 0 saturated carbocycles. The van der Waals surface area contributed by atoms with Crippen LogP contribution in [-0.2, 0) is 0 Å². The van der Waals surface area contributed by atoms with Gasteiger partial charge in [0, 0.05) is 12.1 Å². The van der Waals surface area contributed by atoms with Crippen molar-refractivity contribution in [3.8, 4) is 0 Å². The van der Waals surface area contributed by atoms with Gasteiger partial charge in [-0.05, 0) is 77.2 Å². The Bertz CT molecular complexity index is 266. The molecule has 3 heteroatoms. The summed E-state index contributed by atoms with van der Waals surface area (Å²) in [5.74, 6) is 1.55. The summed E-state index contributed by atoms with van der Waals surface area (Å²) in [5, 5.41) is 0. The Morgan fingerprint density at radius 1 is 1.00 bits per heavy atom. The largest absolute Gasteiger partial charge is 0.329 e. The molecule has 1 atom stereocenters. The van der Waals surface area contributed by atoms with E-state index in [9.17, 15) is 0 Å². The first kappa shape index (κ1) is 18.9. The summed E-state index contributed by atoms with van der Waals surface area (Å²) in [5.41, 5.74) is 6.55. The maximum absolute atomic E-state index is 6.31. The zero-order valence-corrected chi connectivity index (χ0v) is 15.2. The molecule has 1 aliphatic heterocycles. The fourth-order valence-corrected chi connectivity index (χ4v) is 3.38. The van der Waals surface area contributed by atoms with Crippen molar-refractivity contribution in [2.45, 2.75) is 65.3 Å². The third-order valence-corrected chi connectivity index (χ3v) is 5.14. The Kier molecular flexibility index (Phi) is 8.22. The average Bonchev–Trinajstić information content (AvgIpc) is 2.61. The molecule has 0 amide bonds. The first-order valence-corrected chi connectivity index (χ1v) is 9.03. The molecule has 21 heavy (non-hydrogen) atoms. The van der Waals surface area contributed by atoms with Gasteiger partial charge < -0.3 is 10.6 Å². The van der Waals surface area contributed by atoms with E-state index in [1.165, 1.54) is 58.3 Å². The number of nitrogens with zero attached hydrogens (tertiary/aromatic N) is 2. The molecular formula is C18H39N3. The molecule has 0 aromatic carbocycles. The van der Waals surface area contributed by atoms with E-state index in [4.69, 9.17) is 5.73 Å². The highest BCUT2D eigenvalue weighted by Gasteiger charge is 2.36. The topological polar surface area (TPSA) is 32.5 Å². The van der Waals surface area contributed by atoms with E-state index in [1.807, 2.05) is 0 Å². The lowest BCUT2D eigenvalue weighted by molar-refractivity contribution is 0.0686. The number of rotatable bonds is 8. The molecule has 1 fully saturated rings. The lowest BCUT2D eigenvalue weighted by Gasteiger charge is -2.44. The van der Waals surface area contributed by atoms with E-state index in [-0.39, 0.29) is 5.54 Å². The normalized spacial score (nSPS) is 25.0. The van der Waals surface area contributed by atoms with E-state index in [2.05, 4.69) is 44.5 Å². The number of nitrogens with two attached hydrogens (primary N) is 1. The molecule has 0 aromatic rings. The van der Waals surface area contributed by atoms with Crippen molar-refractivity contribution in [1.82, 2.24) is 9.80 Å². The van der Waals surface area contributed by atoms with Crippen LogP contribution in [0, 0.1) is 11.8 Å². The van der Waals surface area contributed by atoms with Crippen molar-refractivity contribution in [2.75, 3.05) is 39.8 Å². The zero-order chi connectivity index (χ0) is 15.9. The number of hydrogen-bond donors (Lipinski definition) is 1. The second kappa shape index (κ2) is 9.12. The van der Waals surface area contributed by atoms with Crippen LogP contribution in [-0.4, -0.2) is 55.1 Å². The van der Waals surface area contributed by atoms with Crippen molar-refractivity contribution >= 4 is 0 Å². The molecule has 0 aromatic heterocycles. The Balaban J connectivity index is 2.78. The highest BCUT2D eigenvalue weighted by molar-refractivity contribution is 4.94. The van der Waals surface area contributed by atoms with Crippen LogP contribution in [0.5, 0.6) is 0 Å². The molecule has 0 spiro atoms. The predicted molar refractivity (Wildman–Crippen MR) is 93.6 cm³/mol. The van der Waals surface area contributed by atoms with Crippen LogP contribution in [0.3, 0.4) is 0 Å². The van der Waals surface area contributed by atoms with Gasteiger partial charge in [-0.2, -0.15) is 0 Å². The smallest absolute Gasteiger partial charge is 0.0344 e. The number of likely N-dealkylation sites (tertiary alicyclic amines) is 1. The van der Waals surface area contributed by atoms with Crippen LogP contribution in [0.4, 0.5) is 0 Å². The summed E-state index contributed by atoms with van der Waals surface area (Å²) < 4.78 is 0. The molecule has 2 N–H and O–H groups in total. The van der Waals surface area contributed by atoms with Gasteiger partial charge in [-0.25, -0.2) is 0 Å². The summed E-state index contributed by atoms with van der Waals surface area (Å²) in [6.45, 7) is 15.0. The molecule has 1 aliphatic rings. The third-order valence-electron chi connectivity index (χ3n) is 5.14. The van der Waals surface area contributed by atoms with Crippen LogP contribution in [0.25, 0.3) is 0 Å². The second-order valence-corrected chi connectivity index (χ2v) is 7.94. The molecule has 1 rings (SSSR count). The highest BCUT2D eigenvalue weighted by Crippen LogP contribution is 2.29. The zero-order valence-electron chi connectivity index (χ0n) is 15.2. The summed E-state index contributed by atoms with van der Waals surface area (Å²) in [6, 6.07) is 0. The molecule has 1 unspecified atom stereocenters. The fourth-order valence-electron chi connectivity index (χ4n) is 3.38. The predicted octanol–water partition coefficient (Wildman–Crippen LogP) is 3.19. The maximum Gasteiger partial charge on any atom is 0.0344 e. The number of hydrogen-bond acceptors (Lipinski definition) is 3. The lowest BCUT2D eigenvalue weighted by atomic mass is 9.87. The summed E-state index contributed by atoms with van der Waals surface area (Å²) >= 11 is 0. The van der Waals surface area contributed by atoms with Gasteiger partial charge in [-0.1, -0.05) is 27.7 Å². The Hall–Kier alpha value is -0.120.